The Morgan fingerprint density at radius 3 is 1.73 bits per heavy atom. The molecule has 0 rings (SSSR count). The zero-order valence-corrected chi connectivity index (χ0v) is 11.4. The largest absolute Gasteiger partial charge is 0.300 e. The lowest BCUT2D eigenvalue weighted by atomic mass is 10.0. The number of hydrogen-bond donors (Lipinski definition) is 0. The van der Waals surface area contributed by atoms with Crippen molar-refractivity contribution in [1.82, 2.24) is 4.90 Å². The highest BCUT2D eigenvalue weighted by Gasteiger charge is 2.15. The van der Waals surface area contributed by atoms with Gasteiger partial charge in [0.25, 0.3) is 0 Å². The van der Waals surface area contributed by atoms with E-state index in [9.17, 15) is 0 Å². The summed E-state index contributed by atoms with van der Waals surface area (Å²) < 4.78 is 0. The van der Waals surface area contributed by atoms with Crippen LogP contribution in [-0.2, 0) is 0 Å². The molecule has 0 saturated heterocycles. The monoisotopic (exact) mass is 213 g/mol. The van der Waals surface area contributed by atoms with Gasteiger partial charge in [-0.15, -0.1) is 0 Å². The molecular weight excluding hydrogens is 182 g/mol. The topological polar surface area (TPSA) is 3.24 Å². The van der Waals surface area contributed by atoms with E-state index in [2.05, 4.69) is 32.6 Å². The van der Waals surface area contributed by atoms with Gasteiger partial charge in [0.1, 0.15) is 0 Å². The molecule has 92 valence electrons. The Morgan fingerprint density at radius 1 is 0.733 bits per heavy atom. The normalized spacial score (nSPS) is 13.4. The van der Waals surface area contributed by atoms with Crippen molar-refractivity contribution in [2.75, 3.05) is 13.1 Å². The fourth-order valence-corrected chi connectivity index (χ4v) is 2.33. The van der Waals surface area contributed by atoms with E-state index in [0.29, 0.717) is 0 Å². The molecule has 0 aromatic rings. The first-order chi connectivity index (χ1) is 7.29. The molecule has 0 spiro atoms. The van der Waals surface area contributed by atoms with Crippen molar-refractivity contribution in [3.05, 3.63) is 0 Å². The molecule has 0 fully saturated rings. The quantitative estimate of drug-likeness (QED) is 0.517. The highest BCUT2D eigenvalue weighted by molar-refractivity contribution is 4.71. The van der Waals surface area contributed by atoms with Crippen molar-refractivity contribution >= 4 is 0 Å². The van der Waals surface area contributed by atoms with E-state index in [-0.39, 0.29) is 0 Å². The average Bonchev–Trinajstić information content (AvgIpc) is 2.24. The van der Waals surface area contributed by atoms with E-state index < -0.39 is 0 Å². The summed E-state index contributed by atoms with van der Waals surface area (Å²) in [5.41, 5.74) is 0. The Balaban J connectivity index is 4.09. The zero-order chi connectivity index (χ0) is 11.5. The minimum absolute atomic E-state index is 0.856. The molecule has 0 aromatic carbocycles. The summed E-state index contributed by atoms with van der Waals surface area (Å²) in [5, 5.41) is 0. The van der Waals surface area contributed by atoms with Gasteiger partial charge in [-0.2, -0.15) is 0 Å². The summed E-state index contributed by atoms with van der Waals surface area (Å²) in [4.78, 5) is 2.72. The number of rotatable bonds is 10. The summed E-state index contributed by atoms with van der Waals surface area (Å²) in [6.45, 7) is 11.8. The van der Waals surface area contributed by atoms with Gasteiger partial charge in [0.05, 0.1) is 0 Å². The molecule has 0 saturated carbocycles. The lowest BCUT2D eigenvalue weighted by Crippen LogP contribution is -2.36. The van der Waals surface area contributed by atoms with E-state index in [4.69, 9.17) is 0 Å². The lowest BCUT2D eigenvalue weighted by molar-refractivity contribution is 0.173. The van der Waals surface area contributed by atoms with Crippen molar-refractivity contribution in [2.45, 2.75) is 78.7 Å². The van der Waals surface area contributed by atoms with Crippen LogP contribution in [-0.4, -0.2) is 24.0 Å². The number of unbranched alkanes of at least 4 members (excludes halogenated alkanes) is 1. The Morgan fingerprint density at radius 2 is 1.33 bits per heavy atom. The predicted molar refractivity (Wildman–Crippen MR) is 70.4 cm³/mol. The number of hydrogen-bond acceptors (Lipinski definition) is 1. The second kappa shape index (κ2) is 10.5. The third-order valence-electron chi connectivity index (χ3n) is 3.05. The molecule has 15 heavy (non-hydrogen) atoms. The van der Waals surface area contributed by atoms with Gasteiger partial charge in [0, 0.05) is 6.04 Å². The third-order valence-corrected chi connectivity index (χ3v) is 3.05. The van der Waals surface area contributed by atoms with Gasteiger partial charge >= 0.3 is 0 Å². The van der Waals surface area contributed by atoms with Crippen molar-refractivity contribution in [3.63, 3.8) is 0 Å². The van der Waals surface area contributed by atoms with Crippen LogP contribution < -0.4 is 0 Å². The smallest absolute Gasteiger partial charge is 0.00951 e. The van der Waals surface area contributed by atoms with Gasteiger partial charge in [-0.3, -0.25) is 0 Å². The minimum atomic E-state index is 0.856. The molecule has 0 aliphatic carbocycles. The Bertz CT molecular complexity index is 117. The van der Waals surface area contributed by atoms with E-state index in [1.54, 1.807) is 0 Å². The van der Waals surface area contributed by atoms with Gasteiger partial charge in [-0.1, -0.05) is 47.0 Å². The zero-order valence-electron chi connectivity index (χ0n) is 11.4. The van der Waals surface area contributed by atoms with Crippen LogP contribution in [0.25, 0.3) is 0 Å². The summed E-state index contributed by atoms with van der Waals surface area (Å²) in [5.74, 6) is 0. The van der Waals surface area contributed by atoms with Crippen LogP contribution in [0.2, 0.25) is 0 Å². The molecule has 0 aliphatic rings. The highest BCUT2D eigenvalue weighted by Crippen LogP contribution is 2.15. The maximum absolute atomic E-state index is 2.72. The molecule has 0 amide bonds. The van der Waals surface area contributed by atoms with Crippen molar-refractivity contribution < 1.29 is 0 Å². The summed E-state index contributed by atoms with van der Waals surface area (Å²) in [6, 6.07) is 0.856. The van der Waals surface area contributed by atoms with Crippen LogP contribution >= 0.6 is 0 Å². The standard InChI is InChI=1S/C14H31N/c1-5-9-11-14(10-6-2)15(12-7-3)13-8-4/h14H,5-13H2,1-4H3. The van der Waals surface area contributed by atoms with E-state index in [1.165, 1.54) is 58.0 Å². The summed E-state index contributed by atoms with van der Waals surface area (Å²) in [6.07, 6.45) is 9.46. The summed E-state index contributed by atoms with van der Waals surface area (Å²) in [7, 11) is 0. The van der Waals surface area contributed by atoms with E-state index in [1.807, 2.05) is 0 Å². The predicted octanol–water partition coefficient (Wildman–Crippen LogP) is 4.47. The minimum Gasteiger partial charge on any atom is -0.300 e. The van der Waals surface area contributed by atoms with Crippen molar-refractivity contribution in [1.29, 1.82) is 0 Å². The molecule has 0 heterocycles. The van der Waals surface area contributed by atoms with Crippen molar-refractivity contribution in [2.24, 2.45) is 0 Å². The lowest BCUT2D eigenvalue weighted by Gasteiger charge is -2.31. The van der Waals surface area contributed by atoms with Gasteiger partial charge in [-0.05, 0) is 38.8 Å². The fourth-order valence-electron chi connectivity index (χ4n) is 2.33. The second-order valence-electron chi connectivity index (χ2n) is 4.62. The van der Waals surface area contributed by atoms with Crippen LogP contribution in [0.1, 0.15) is 72.6 Å². The number of nitrogens with zero attached hydrogens (tertiary/aromatic N) is 1. The first kappa shape index (κ1) is 15.0. The third kappa shape index (κ3) is 6.94. The molecule has 0 radical (unpaired) electrons. The molecular formula is C14H31N. The first-order valence-electron chi connectivity index (χ1n) is 7.04. The van der Waals surface area contributed by atoms with Gasteiger partial charge in [0.15, 0.2) is 0 Å². The fraction of sp³-hybridized carbons (Fsp3) is 1.00. The Hall–Kier alpha value is -0.0400. The molecule has 0 aliphatic heterocycles. The molecule has 1 heteroatoms. The molecule has 1 nitrogen and oxygen atoms in total. The first-order valence-corrected chi connectivity index (χ1v) is 7.04. The molecule has 0 N–H and O–H groups in total. The maximum atomic E-state index is 2.72. The van der Waals surface area contributed by atoms with Crippen LogP contribution in [0.15, 0.2) is 0 Å². The highest BCUT2D eigenvalue weighted by atomic mass is 15.1. The average molecular weight is 213 g/mol. The van der Waals surface area contributed by atoms with Gasteiger partial charge < -0.3 is 4.90 Å². The molecule has 0 bridgehead atoms. The van der Waals surface area contributed by atoms with Gasteiger partial charge in [0.2, 0.25) is 0 Å². The SMILES string of the molecule is CCCCC(CCC)N(CCC)CCC. The molecule has 1 atom stereocenters. The maximum Gasteiger partial charge on any atom is 0.00951 e. The Labute approximate surface area is 97.2 Å². The van der Waals surface area contributed by atoms with E-state index in [0.717, 1.165) is 6.04 Å². The van der Waals surface area contributed by atoms with E-state index >= 15 is 0 Å². The molecule has 0 aromatic heterocycles. The van der Waals surface area contributed by atoms with Crippen LogP contribution in [0.4, 0.5) is 0 Å². The Kier molecular flexibility index (Phi) is 10.4. The van der Waals surface area contributed by atoms with Gasteiger partial charge in [-0.25, -0.2) is 0 Å². The molecule has 1 unspecified atom stereocenters. The second-order valence-corrected chi connectivity index (χ2v) is 4.62. The summed E-state index contributed by atoms with van der Waals surface area (Å²) >= 11 is 0. The van der Waals surface area contributed by atoms with Crippen LogP contribution in [0.5, 0.6) is 0 Å². The van der Waals surface area contributed by atoms with Crippen LogP contribution in [0, 0.1) is 0 Å². The van der Waals surface area contributed by atoms with Crippen molar-refractivity contribution in [3.8, 4) is 0 Å². The van der Waals surface area contributed by atoms with Crippen LogP contribution in [0.3, 0.4) is 0 Å².